The maximum Gasteiger partial charge on any atom is 0.307 e. The molecular formula is C12H15NO4S. The summed E-state index contributed by atoms with van der Waals surface area (Å²) in [4.78, 5) is 22.1. The summed E-state index contributed by atoms with van der Waals surface area (Å²) in [7, 11) is -1.47. The Bertz CT molecular complexity index is 447. The van der Waals surface area contributed by atoms with Crippen LogP contribution in [0, 0.1) is 5.92 Å². The molecule has 18 heavy (non-hydrogen) atoms. The third kappa shape index (κ3) is 5.09. The van der Waals surface area contributed by atoms with Crippen molar-refractivity contribution in [2.75, 3.05) is 16.8 Å². The Hall–Kier alpha value is -1.69. The maximum atomic E-state index is 11.5. The van der Waals surface area contributed by atoms with Crippen molar-refractivity contribution in [3.63, 3.8) is 0 Å². The van der Waals surface area contributed by atoms with Crippen molar-refractivity contribution in [2.24, 2.45) is 5.92 Å². The van der Waals surface area contributed by atoms with Crippen LogP contribution < -0.4 is 5.32 Å². The molecule has 0 aromatic heterocycles. The second kappa shape index (κ2) is 6.90. The molecule has 2 N–H and O–H groups in total. The van der Waals surface area contributed by atoms with Crippen LogP contribution in [-0.4, -0.2) is 32.7 Å². The highest BCUT2D eigenvalue weighted by atomic mass is 32.2. The molecule has 1 aromatic carbocycles. The minimum atomic E-state index is -1.47. The number of nitrogens with one attached hydrogen (secondary N) is 1. The third-order valence-electron chi connectivity index (χ3n) is 2.21. The van der Waals surface area contributed by atoms with Gasteiger partial charge >= 0.3 is 5.97 Å². The van der Waals surface area contributed by atoms with Crippen LogP contribution in [0.3, 0.4) is 0 Å². The number of benzene rings is 1. The van der Waals surface area contributed by atoms with Crippen LogP contribution in [0.1, 0.15) is 6.92 Å². The fourth-order valence-corrected chi connectivity index (χ4v) is 2.46. The molecule has 0 bridgehead atoms. The first-order valence-corrected chi connectivity index (χ1v) is 6.90. The van der Waals surface area contributed by atoms with Gasteiger partial charge in [0.2, 0.25) is 5.91 Å². The molecule has 1 amide bonds. The molecule has 1 aromatic rings. The van der Waals surface area contributed by atoms with Crippen LogP contribution in [0.25, 0.3) is 0 Å². The van der Waals surface area contributed by atoms with Gasteiger partial charge < -0.3 is 10.4 Å². The van der Waals surface area contributed by atoms with Gasteiger partial charge in [-0.15, -0.1) is 0 Å². The van der Waals surface area contributed by atoms with Gasteiger partial charge in [0, 0.05) is 22.2 Å². The minimum absolute atomic E-state index is 0.0163. The molecule has 0 heterocycles. The van der Waals surface area contributed by atoms with Gasteiger partial charge in [0.15, 0.2) is 0 Å². The Kier molecular flexibility index (Phi) is 5.51. The highest BCUT2D eigenvalue weighted by molar-refractivity contribution is 7.85. The van der Waals surface area contributed by atoms with Crippen LogP contribution in [0.5, 0.6) is 0 Å². The van der Waals surface area contributed by atoms with Crippen LogP contribution >= 0.6 is 0 Å². The Morgan fingerprint density at radius 1 is 1.33 bits per heavy atom. The van der Waals surface area contributed by atoms with Gasteiger partial charge in [0.1, 0.15) is 5.75 Å². The number of carboxylic acid groups (broad SMARTS) is 1. The van der Waals surface area contributed by atoms with Gasteiger partial charge in [0.25, 0.3) is 0 Å². The largest absolute Gasteiger partial charge is 0.481 e. The summed E-state index contributed by atoms with van der Waals surface area (Å²) >= 11 is 0. The average Bonchev–Trinajstić information content (AvgIpc) is 2.29. The van der Waals surface area contributed by atoms with E-state index in [0.29, 0.717) is 5.69 Å². The number of carboxylic acids is 1. The molecule has 0 fully saturated rings. The number of para-hydroxylation sites is 1. The predicted molar refractivity (Wildman–Crippen MR) is 69.7 cm³/mol. The molecule has 98 valence electrons. The van der Waals surface area contributed by atoms with Gasteiger partial charge in [-0.2, -0.15) is 0 Å². The zero-order chi connectivity index (χ0) is 13.5. The van der Waals surface area contributed by atoms with Crippen molar-refractivity contribution in [1.82, 2.24) is 0 Å². The lowest BCUT2D eigenvalue weighted by atomic mass is 10.2. The fraction of sp³-hybridized carbons (Fsp3) is 0.333. The Labute approximate surface area is 108 Å². The Morgan fingerprint density at radius 2 is 1.94 bits per heavy atom. The summed E-state index contributed by atoms with van der Waals surface area (Å²) in [6.45, 7) is 1.47. The monoisotopic (exact) mass is 269 g/mol. The van der Waals surface area contributed by atoms with Crippen LogP contribution in [0.2, 0.25) is 0 Å². The first-order valence-electron chi connectivity index (χ1n) is 5.41. The summed E-state index contributed by atoms with van der Waals surface area (Å²) in [6.07, 6.45) is 0. The van der Waals surface area contributed by atoms with E-state index in [0.717, 1.165) is 0 Å². The van der Waals surface area contributed by atoms with E-state index in [1.165, 1.54) is 6.92 Å². The minimum Gasteiger partial charge on any atom is -0.481 e. The smallest absolute Gasteiger partial charge is 0.307 e. The second-order valence-electron chi connectivity index (χ2n) is 3.90. The summed E-state index contributed by atoms with van der Waals surface area (Å²) in [5.41, 5.74) is 0.630. The third-order valence-corrected chi connectivity index (χ3v) is 3.66. The molecule has 1 rings (SSSR count). The molecule has 2 unspecified atom stereocenters. The zero-order valence-corrected chi connectivity index (χ0v) is 10.8. The molecule has 0 saturated heterocycles. The molecule has 6 heteroatoms. The van der Waals surface area contributed by atoms with Gasteiger partial charge in [0.05, 0.1) is 5.92 Å². The lowest BCUT2D eigenvalue weighted by molar-refractivity contribution is -0.140. The van der Waals surface area contributed by atoms with Gasteiger partial charge in [-0.3, -0.25) is 13.8 Å². The summed E-state index contributed by atoms with van der Waals surface area (Å²) < 4.78 is 11.5. The molecule has 0 aliphatic rings. The number of amides is 1. The summed E-state index contributed by atoms with van der Waals surface area (Å²) in [5.74, 6) is -2.30. The van der Waals surface area contributed by atoms with E-state index in [1.807, 2.05) is 6.07 Å². The average molecular weight is 269 g/mol. The zero-order valence-electron chi connectivity index (χ0n) is 9.96. The van der Waals surface area contributed by atoms with Crippen LogP contribution in [-0.2, 0) is 20.4 Å². The quantitative estimate of drug-likeness (QED) is 0.810. The number of rotatable bonds is 6. The lowest BCUT2D eigenvalue weighted by Crippen LogP contribution is -2.25. The SMILES string of the molecule is CC(CS(=O)CC(=O)Nc1ccccc1)C(=O)O. The van der Waals surface area contributed by atoms with Gasteiger partial charge in [-0.25, -0.2) is 0 Å². The van der Waals surface area contributed by atoms with E-state index in [2.05, 4.69) is 5.32 Å². The van der Waals surface area contributed by atoms with Crippen LogP contribution in [0.4, 0.5) is 5.69 Å². The van der Waals surface area contributed by atoms with E-state index in [4.69, 9.17) is 5.11 Å². The second-order valence-corrected chi connectivity index (χ2v) is 5.41. The fourth-order valence-electron chi connectivity index (χ4n) is 1.27. The molecule has 2 atom stereocenters. The van der Waals surface area contributed by atoms with E-state index < -0.39 is 22.7 Å². The molecule has 0 radical (unpaired) electrons. The van der Waals surface area contributed by atoms with Crippen molar-refractivity contribution in [2.45, 2.75) is 6.92 Å². The topological polar surface area (TPSA) is 83.5 Å². The molecule has 0 saturated carbocycles. The Balaban J connectivity index is 2.41. The van der Waals surface area contributed by atoms with E-state index in [1.54, 1.807) is 24.3 Å². The maximum absolute atomic E-state index is 11.5. The summed E-state index contributed by atoms with van der Waals surface area (Å²) in [5, 5.41) is 11.3. The first-order chi connectivity index (χ1) is 8.49. The lowest BCUT2D eigenvalue weighted by Gasteiger charge is -2.07. The van der Waals surface area contributed by atoms with Crippen molar-refractivity contribution in [3.8, 4) is 0 Å². The van der Waals surface area contributed by atoms with E-state index in [-0.39, 0.29) is 17.4 Å². The molecule has 0 aliphatic heterocycles. The number of carbonyl (C=O) groups excluding carboxylic acids is 1. The standard InChI is InChI=1S/C12H15NO4S/c1-9(12(15)16)7-18(17)8-11(14)13-10-5-3-2-4-6-10/h2-6,9H,7-8H2,1H3,(H,13,14)(H,15,16). The normalized spacial score (nSPS) is 13.6. The summed E-state index contributed by atoms with van der Waals surface area (Å²) in [6, 6.07) is 8.82. The van der Waals surface area contributed by atoms with Crippen molar-refractivity contribution in [1.29, 1.82) is 0 Å². The number of hydrogen-bond donors (Lipinski definition) is 2. The van der Waals surface area contributed by atoms with Crippen molar-refractivity contribution in [3.05, 3.63) is 30.3 Å². The predicted octanol–water partition coefficient (Wildman–Crippen LogP) is 1.09. The molecule has 0 spiro atoms. The Morgan fingerprint density at radius 3 is 2.50 bits per heavy atom. The number of carbonyl (C=O) groups is 2. The van der Waals surface area contributed by atoms with E-state index >= 15 is 0 Å². The number of anilines is 1. The highest BCUT2D eigenvalue weighted by Gasteiger charge is 2.16. The number of aliphatic carboxylic acids is 1. The molecular weight excluding hydrogens is 254 g/mol. The molecule has 0 aliphatic carbocycles. The van der Waals surface area contributed by atoms with Crippen molar-refractivity contribution < 1.29 is 18.9 Å². The van der Waals surface area contributed by atoms with Gasteiger partial charge in [-0.05, 0) is 12.1 Å². The van der Waals surface area contributed by atoms with Gasteiger partial charge in [-0.1, -0.05) is 25.1 Å². The number of hydrogen-bond acceptors (Lipinski definition) is 3. The van der Waals surface area contributed by atoms with Crippen molar-refractivity contribution >= 4 is 28.4 Å². The van der Waals surface area contributed by atoms with E-state index in [9.17, 15) is 13.8 Å². The first kappa shape index (κ1) is 14.4. The molecule has 5 nitrogen and oxygen atoms in total. The highest BCUT2D eigenvalue weighted by Crippen LogP contribution is 2.05. The van der Waals surface area contributed by atoms with Crippen LogP contribution in [0.15, 0.2) is 30.3 Å².